The minimum absolute atomic E-state index is 0. The van der Waals surface area contributed by atoms with Gasteiger partial charge in [-0.2, -0.15) is 0 Å². The Hall–Kier alpha value is -0.100. The maximum absolute atomic E-state index is 5.75. The monoisotopic (exact) mass is 355 g/mol. The SMILES string of the molecule is Cl.Cl.Cl.c1cc(CN2CCOC[C@H]3CCNC[C@H]32)ccn1. The average molecular weight is 357 g/mol. The summed E-state index contributed by atoms with van der Waals surface area (Å²) in [6.07, 6.45) is 4.98. The Labute approximate surface area is 145 Å². The van der Waals surface area contributed by atoms with E-state index < -0.39 is 0 Å². The second kappa shape index (κ2) is 10.6. The lowest BCUT2D eigenvalue weighted by atomic mass is 9.92. The number of pyridine rings is 1. The summed E-state index contributed by atoms with van der Waals surface area (Å²) in [7, 11) is 0. The predicted octanol–water partition coefficient (Wildman–Crippen LogP) is 2.16. The van der Waals surface area contributed by atoms with Gasteiger partial charge in [-0.25, -0.2) is 0 Å². The van der Waals surface area contributed by atoms with Gasteiger partial charge in [0.1, 0.15) is 0 Å². The Balaban J connectivity index is 0.00000133. The van der Waals surface area contributed by atoms with Crippen LogP contribution >= 0.6 is 37.2 Å². The zero-order valence-electron chi connectivity index (χ0n) is 11.9. The van der Waals surface area contributed by atoms with Crippen molar-refractivity contribution in [3.8, 4) is 0 Å². The van der Waals surface area contributed by atoms with Gasteiger partial charge < -0.3 is 10.1 Å². The molecule has 3 rings (SSSR count). The van der Waals surface area contributed by atoms with Crippen LogP contribution in [0.25, 0.3) is 0 Å². The van der Waals surface area contributed by atoms with E-state index in [1.807, 2.05) is 12.4 Å². The molecule has 1 N–H and O–H groups in total. The van der Waals surface area contributed by atoms with Crippen LogP contribution in [0, 0.1) is 5.92 Å². The third-order valence-electron chi connectivity index (χ3n) is 4.05. The fraction of sp³-hybridized carbons (Fsp3) is 0.643. The fourth-order valence-corrected chi connectivity index (χ4v) is 3.02. The molecule has 2 fully saturated rings. The molecular formula is C14H24Cl3N3O. The van der Waals surface area contributed by atoms with E-state index in [1.54, 1.807) is 0 Å². The van der Waals surface area contributed by atoms with Gasteiger partial charge in [0.25, 0.3) is 0 Å². The van der Waals surface area contributed by atoms with Gasteiger partial charge in [0.2, 0.25) is 0 Å². The maximum Gasteiger partial charge on any atom is 0.0593 e. The minimum Gasteiger partial charge on any atom is -0.380 e. The zero-order chi connectivity index (χ0) is 12.2. The van der Waals surface area contributed by atoms with Gasteiger partial charge in [-0.3, -0.25) is 9.88 Å². The molecule has 0 saturated carbocycles. The summed E-state index contributed by atoms with van der Waals surface area (Å²) >= 11 is 0. The number of halogens is 3. The molecule has 21 heavy (non-hydrogen) atoms. The van der Waals surface area contributed by atoms with Crippen LogP contribution in [-0.2, 0) is 11.3 Å². The highest BCUT2D eigenvalue weighted by Gasteiger charge is 2.32. The Bertz CT molecular complexity index is 383. The molecule has 0 aromatic carbocycles. The Morgan fingerprint density at radius 2 is 2.00 bits per heavy atom. The summed E-state index contributed by atoms with van der Waals surface area (Å²) in [6.45, 7) is 6.06. The summed E-state index contributed by atoms with van der Waals surface area (Å²) in [5, 5.41) is 3.52. The van der Waals surface area contributed by atoms with Gasteiger partial charge in [-0.15, -0.1) is 37.2 Å². The lowest BCUT2D eigenvalue weighted by Gasteiger charge is -2.37. The molecule has 4 nitrogen and oxygen atoms in total. The molecule has 2 atom stereocenters. The molecule has 0 unspecified atom stereocenters. The van der Waals surface area contributed by atoms with Gasteiger partial charge in [0.05, 0.1) is 13.2 Å². The molecule has 7 heteroatoms. The van der Waals surface area contributed by atoms with Gasteiger partial charge in [-0.05, 0) is 30.7 Å². The third kappa shape index (κ3) is 5.55. The van der Waals surface area contributed by atoms with Crippen molar-refractivity contribution in [2.24, 2.45) is 5.92 Å². The highest BCUT2D eigenvalue weighted by atomic mass is 35.5. The average Bonchev–Trinajstić information content (AvgIpc) is 2.63. The van der Waals surface area contributed by atoms with E-state index in [4.69, 9.17) is 4.74 Å². The fourth-order valence-electron chi connectivity index (χ4n) is 3.02. The molecule has 1 aromatic rings. The van der Waals surface area contributed by atoms with Crippen LogP contribution in [0.5, 0.6) is 0 Å². The molecule has 0 spiro atoms. The molecule has 3 heterocycles. The molecule has 122 valence electrons. The van der Waals surface area contributed by atoms with Crippen molar-refractivity contribution in [1.29, 1.82) is 0 Å². The molecule has 0 amide bonds. The number of rotatable bonds is 2. The van der Waals surface area contributed by atoms with Crippen molar-refractivity contribution >= 4 is 37.2 Å². The first kappa shape index (κ1) is 20.9. The topological polar surface area (TPSA) is 37.4 Å². The van der Waals surface area contributed by atoms with E-state index in [2.05, 4.69) is 27.3 Å². The summed E-state index contributed by atoms with van der Waals surface area (Å²) in [6, 6.07) is 4.84. The lowest BCUT2D eigenvalue weighted by molar-refractivity contribution is 0.0991. The number of ether oxygens (including phenoxy) is 1. The number of aromatic nitrogens is 1. The second-order valence-corrected chi connectivity index (χ2v) is 5.22. The Kier molecular flexibility index (Phi) is 10.5. The maximum atomic E-state index is 5.75. The van der Waals surface area contributed by atoms with E-state index in [1.165, 1.54) is 12.0 Å². The predicted molar refractivity (Wildman–Crippen MR) is 92.0 cm³/mol. The molecule has 2 saturated heterocycles. The summed E-state index contributed by atoms with van der Waals surface area (Å²) < 4.78 is 5.75. The van der Waals surface area contributed by atoms with Crippen molar-refractivity contribution in [2.75, 3.05) is 32.8 Å². The second-order valence-electron chi connectivity index (χ2n) is 5.22. The van der Waals surface area contributed by atoms with Crippen molar-refractivity contribution < 1.29 is 4.74 Å². The van der Waals surface area contributed by atoms with E-state index in [0.717, 1.165) is 39.4 Å². The van der Waals surface area contributed by atoms with Crippen LogP contribution in [0.4, 0.5) is 0 Å². The first-order valence-corrected chi connectivity index (χ1v) is 6.85. The van der Waals surface area contributed by atoms with Crippen LogP contribution in [-0.4, -0.2) is 48.8 Å². The summed E-state index contributed by atoms with van der Waals surface area (Å²) in [5.74, 6) is 0.690. The highest BCUT2D eigenvalue weighted by Crippen LogP contribution is 2.22. The van der Waals surface area contributed by atoms with Crippen LogP contribution in [0.2, 0.25) is 0 Å². The van der Waals surface area contributed by atoms with Gasteiger partial charge >= 0.3 is 0 Å². The highest BCUT2D eigenvalue weighted by molar-refractivity contribution is 5.86. The number of hydrogen-bond donors (Lipinski definition) is 1. The summed E-state index contributed by atoms with van der Waals surface area (Å²) in [4.78, 5) is 6.65. The van der Waals surface area contributed by atoms with Crippen molar-refractivity contribution in [2.45, 2.75) is 19.0 Å². The number of piperidine rings is 1. The number of nitrogens with one attached hydrogen (secondary N) is 1. The number of nitrogens with zero attached hydrogens (tertiary/aromatic N) is 2. The molecule has 2 aliphatic rings. The molecule has 0 bridgehead atoms. The third-order valence-corrected chi connectivity index (χ3v) is 4.05. The van der Waals surface area contributed by atoms with Gasteiger partial charge in [0.15, 0.2) is 0 Å². The molecule has 0 aliphatic carbocycles. The van der Waals surface area contributed by atoms with E-state index in [-0.39, 0.29) is 37.2 Å². The first-order valence-electron chi connectivity index (χ1n) is 6.85. The Morgan fingerprint density at radius 3 is 2.76 bits per heavy atom. The van der Waals surface area contributed by atoms with Crippen molar-refractivity contribution in [3.63, 3.8) is 0 Å². The van der Waals surface area contributed by atoms with E-state index >= 15 is 0 Å². The molecule has 2 aliphatic heterocycles. The smallest absolute Gasteiger partial charge is 0.0593 e. The standard InChI is InChI=1S/C14H21N3O.3ClH/c1-4-15-5-2-12(1)10-17-7-8-18-11-13-3-6-16-9-14(13)17;;;/h1-2,4-5,13-14,16H,3,6-11H2;3*1H/t13-,14-;;;/m1.../s1. The largest absolute Gasteiger partial charge is 0.380 e. The first-order chi connectivity index (χ1) is 8.93. The minimum atomic E-state index is 0. The normalized spacial score (nSPS) is 25.3. The van der Waals surface area contributed by atoms with E-state index in [0.29, 0.717) is 12.0 Å². The van der Waals surface area contributed by atoms with E-state index in [9.17, 15) is 0 Å². The van der Waals surface area contributed by atoms with Gasteiger partial charge in [0, 0.05) is 44.0 Å². The van der Waals surface area contributed by atoms with Gasteiger partial charge in [-0.1, -0.05) is 0 Å². The molecule has 0 radical (unpaired) electrons. The van der Waals surface area contributed by atoms with Crippen molar-refractivity contribution in [3.05, 3.63) is 30.1 Å². The van der Waals surface area contributed by atoms with Crippen LogP contribution in [0.15, 0.2) is 24.5 Å². The van der Waals surface area contributed by atoms with Crippen LogP contribution in [0.1, 0.15) is 12.0 Å². The molecular weight excluding hydrogens is 333 g/mol. The zero-order valence-corrected chi connectivity index (χ0v) is 14.4. The Morgan fingerprint density at radius 1 is 1.24 bits per heavy atom. The van der Waals surface area contributed by atoms with Crippen LogP contribution < -0.4 is 5.32 Å². The van der Waals surface area contributed by atoms with Crippen LogP contribution in [0.3, 0.4) is 0 Å². The molecule has 1 aromatic heterocycles. The van der Waals surface area contributed by atoms with Crippen molar-refractivity contribution in [1.82, 2.24) is 15.2 Å². The lowest BCUT2D eigenvalue weighted by Crippen LogP contribution is -2.51. The number of hydrogen-bond acceptors (Lipinski definition) is 4. The quantitative estimate of drug-likeness (QED) is 0.881. The summed E-state index contributed by atoms with van der Waals surface area (Å²) in [5.41, 5.74) is 1.34. The number of fused-ring (bicyclic) bond motifs is 1.